The number of fused-ring (bicyclic) bond motifs is 4. The average Bonchev–Trinajstić information content (AvgIpc) is 3.66. The van der Waals surface area contributed by atoms with Crippen molar-refractivity contribution in [1.82, 2.24) is 20.2 Å². The molecule has 2 atom stereocenters. The predicted octanol–water partition coefficient (Wildman–Crippen LogP) is 9.41. The maximum Gasteiger partial charge on any atom is 0.265 e. The number of carbonyl (C=O) groups excluding carboxylic acids is 4. The van der Waals surface area contributed by atoms with Crippen molar-refractivity contribution in [3.8, 4) is 5.75 Å². The molecular formula is C47H62N4O6. The Morgan fingerprint density at radius 3 is 2.40 bits per heavy atom. The number of imide groups is 1. The van der Waals surface area contributed by atoms with E-state index in [0.717, 1.165) is 48.5 Å². The molecule has 1 fully saturated rings. The van der Waals surface area contributed by atoms with Gasteiger partial charge in [0.2, 0.25) is 0 Å². The first-order chi connectivity index (χ1) is 27.2. The van der Waals surface area contributed by atoms with Crippen molar-refractivity contribution in [2.45, 2.75) is 113 Å². The van der Waals surface area contributed by atoms with Gasteiger partial charge in [-0.1, -0.05) is 65.3 Å². The second-order valence-electron chi connectivity index (χ2n) is 17.4. The first kappa shape index (κ1) is 43.3. The van der Waals surface area contributed by atoms with Crippen molar-refractivity contribution < 1.29 is 28.7 Å². The lowest BCUT2D eigenvalue weighted by atomic mass is 9.87. The molecule has 2 N–H and O–H groups in total. The molecule has 2 aromatic carbocycles. The number of pyridine rings is 1. The Labute approximate surface area is 338 Å². The summed E-state index contributed by atoms with van der Waals surface area (Å²) < 4.78 is 12.6. The summed E-state index contributed by atoms with van der Waals surface area (Å²) in [5, 5.41) is 6.20. The fourth-order valence-electron chi connectivity index (χ4n) is 7.33. The number of H-pyrrole nitrogens is 1. The van der Waals surface area contributed by atoms with Gasteiger partial charge in [-0.05, 0) is 88.6 Å². The van der Waals surface area contributed by atoms with Crippen LogP contribution in [0.1, 0.15) is 127 Å². The number of nitrogens with zero attached hydrogens (tertiary/aromatic N) is 2. The number of Topliss-reactive ketones (excluding diaryl/α,β-unsaturated/α-hetero) is 1. The normalized spacial score (nSPS) is 15.2. The van der Waals surface area contributed by atoms with Crippen LogP contribution in [0.4, 0.5) is 0 Å². The number of aldehydes is 1. The molecule has 1 aliphatic heterocycles. The minimum Gasteiger partial charge on any atom is -0.492 e. The highest BCUT2D eigenvalue weighted by Crippen LogP contribution is 2.35. The number of amides is 2. The third-order valence-corrected chi connectivity index (χ3v) is 11.2. The van der Waals surface area contributed by atoms with Crippen LogP contribution in [-0.2, 0) is 20.7 Å². The molecule has 10 nitrogen and oxygen atoms in total. The number of hydrogen-bond acceptors (Lipinski definition) is 8. The van der Waals surface area contributed by atoms with Crippen LogP contribution in [0, 0.1) is 16.7 Å². The monoisotopic (exact) mass is 778 g/mol. The summed E-state index contributed by atoms with van der Waals surface area (Å²) in [6, 6.07) is 13.6. The quantitative estimate of drug-likeness (QED) is 0.0712. The van der Waals surface area contributed by atoms with Crippen molar-refractivity contribution in [3.05, 3.63) is 82.8 Å². The summed E-state index contributed by atoms with van der Waals surface area (Å²) in [5.41, 5.74) is 6.73. The average molecular weight is 779 g/mol. The fraction of sp³-hybridized carbons (Fsp3) is 0.511. The van der Waals surface area contributed by atoms with Gasteiger partial charge in [-0.3, -0.25) is 24.3 Å². The van der Waals surface area contributed by atoms with Crippen molar-refractivity contribution >= 4 is 45.7 Å². The molecule has 3 heterocycles. The smallest absolute Gasteiger partial charge is 0.265 e. The Bertz CT molecular complexity index is 2090. The molecule has 1 saturated carbocycles. The van der Waals surface area contributed by atoms with Gasteiger partial charge in [-0.15, -0.1) is 0 Å². The van der Waals surface area contributed by atoms with E-state index in [1.54, 1.807) is 23.8 Å². The Morgan fingerprint density at radius 1 is 0.965 bits per heavy atom. The van der Waals surface area contributed by atoms with Crippen molar-refractivity contribution in [3.63, 3.8) is 0 Å². The molecule has 0 spiro atoms. The number of ketones is 1. The van der Waals surface area contributed by atoms with Crippen molar-refractivity contribution in [1.29, 1.82) is 0 Å². The Balaban J connectivity index is 0.00000200. The van der Waals surface area contributed by atoms with Gasteiger partial charge >= 0.3 is 0 Å². The third-order valence-electron chi connectivity index (χ3n) is 11.2. The van der Waals surface area contributed by atoms with Crippen molar-refractivity contribution in [2.24, 2.45) is 16.7 Å². The molecule has 6 rings (SSSR count). The van der Waals surface area contributed by atoms with Gasteiger partial charge in [0.05, 0.1) is 30.9 Å². The molecule has 0 radical (unpaired) electrons. The van der Waals surface area contributed by atoms with Gasteiger partial charge in [0.25, 0.3) is 11.8 Å². The number of rotatable bonds is 19. The zero-order chi connectivity index (χ0) is 41.3. The maximum absolute atomic E-state index is 13.6. The van der Waals surface area contributed by atoms with E-state index in [0.29, 0.717) is 49.5 Å². The zero-order valence-corrected chi connectivity index (χ0v) is 35.3. The first-order valence-electron chi connectivity index (χ1n) is 20.6. The molecule has 1 aliphatic carbocycles. The molecule has 0 saturated heterocycles. The molecule has 2 aliphatic rings. The van der Waals surface area contributed by atoms with E-state index < -0.39 is 0 Å². The maximum atomic E-state index is 13.6. The van der Waals surface area contributed by atoms with Crippen LogP contribution in [0.3, 0.4) is 0 Å². The lowest BCUT2D eigenvalue weighted by Gasteiger charge is -2.31. The van der Waals surface area contributed by atoms with Crippen LogP contribution >= 0.6 is 0 Å². The van der Waals surface area contributed by atoms with E-state index in [4.69, 9.17) is 14.3 Å². The summed E-state index contributed by atoms with van der Waals surface area (Å²) in [4.78, 5) is 57.3. The largest absolute Gasteiger partial charge is 0.492 e. The number of benzene rings is 2. The first-order valence-corrected chi connectivity index (χ1v) is 20.6. The van der Waals surface area contributed by atoms with Crippen LogP contribution in [0.5, 0.6) is 5.75 Å². The van der Waals surface area contributed by atoms with Crippen LogP contribution < -0.4 is 10.1 Å². The van der Waals surface area contributed by atoms with E-state index in [1.165, 1.54) is 47.7 Å². The van der Waals surface area contributed by atoms with Gasteiger partial charge in [0.1, 0.15) is 17.8 Å². The lowest BCUT2D eigenvalue weighted by molar-refractivity contribution is -0.122. The van der Waals surface area contributed by atoms with Gasteiger partial charge in [0, 0.05) is 75.7 Å². The number of carbonyl (C=O) groups is 4. The number of hydrogen-bond donors (Lipinski definition) is 2. The number of allylic oxidation sites excluding steroid dienone is 2. The van der Waals surface area contributed by atoms with E-state index in [-0.39, 0.29) is 40.4 Å². The van der Waals surface area contributed by atoms with E-state index >= 15 is 0 Å². The van der Waals surface area contributed by atoms with Crippen molar-refractivity contribution in [2.75, 3.05) is 26.4 Å². The second-order valence-corrected chi connectivity index (χ2v) is 17.4. The molecule has 10 heteroatoms. The van der Waals surface area contributed by atoms with Crippen LogP contribution in [0.15, 0.2) is 66.1 Å². The second kappa shape index (κ2) is 19.1. The van der Waals surface area contributed by atoms with Crippen LogP contribution in [-0.4, -0.2) is 71.2 Å². The fourth-order valence-corrected chi connectivity index (χ4v) is 7.33. The summed E-state index contributed by atoms with van der Waals surface area (Å²) >= 11 is 0. The molecule has 2 aromatic heterocycles. The van der Waals surface area contributed by atoms with Gasteiger partial charge in [-0.2, -0.15) is 0 Å². The zero-order valence-electron chi connectivity index (χ0n) is 35.3. The molecule has 0 bridgehead atoms. The molecule has 57 heavy (non-hydrogen) atoms. The number of ether oxygens (including phenoxy) is 2. The minimum atomic E-state index is -0.388. The van der Waals surface area contributed by atoms with Crippen LogP contribution in [0.25, 0.3) is 21.8 Å². The molecular weight excluding hydrogens is 717 g/mol. The van der Waals surface area contributed by atoms with E-state index in [9.17, 15) is 14.4 Å². The Hall–Kier alpha value is -4.83. The lowest BCUT2D eigenvalue weighted by Crippen LogP contribution is -2.38. The molecule has 2 amide bonds. The summed E-state index contributed by atoms with van der Waals surface area (Å²) in [6.07, 6.45) is 11.6. The summed E-state index contributed by atoms with van der Waals surface area (Å²) in [7, 11) is 0. The van der Waals surface area contributed by atoms with Gasteiger partial charge in [-0.25, -0.2) is 0 Å². The Kier molecular flexibility index (Phi) is 14.5. The highest BCUT2D eigenvalue weighted by molar-refractivity contribution is 6.22. The summed E-state index contributed by atoms with van der Waals surface area (Å²) in [5.74, 6) is -0.145. The standard InChI is InChI=1S/C45H58N4O5.C2H4O/c1-8-29(2)39(50)20-15-30(3)49-42(51)34-13-10-14-40(41(34)43(49)52)54-28-45(6,7)27-53-26-44(4,5)25-47-36(32-11-9-12-32)19-17-31-16-18-33-35-24-46-22-21-37(35)48-38(33)23-31;1-2-3/h10,13-14,16,18,21-24,29-30,47-48H,8-9,11-12,15,17,19-20,25-28H2,1-7H3;2H,1H3. The molecule has 306 valence electrons. The SMILES string of the molecule is CC=O.CCC(C)C(=O)CCC(C)N1C(=O)c2cccc(OCC(C)(C)COCC(C)(C)CNC(CCc3ccc4c(c3)[nH]c3ccncc34)=C3CCC3)c2C1=O. The molecule has 4 aromatic rings. The van der Waals surface area contributed by atoms with E-state index in [1.807, 2.05) is 39.2 Å². The number of aromatic nitrogens is 2. The minimum absolute atomic E-state index is 0.0232. The molecule has 2 unspecified atom stereocenters. The number of aromatic amines is 1. The third kappa shape index (κ3) is 10.8. The number of nitrogens with one attached hydrogen (secondary N) is 2. The Morgan fingerprint density at radius 2 is 1.70 bits per heavy atom. The van der Waals surface area contributed by atoms with Gasteiger partial charge in [0.15, 0.2) is 0 Å². The van der Waals surface area contributed by atoms with Gasteiger partial charge < -0.3 is 24.6 Å². The topological polar surface area (TPSA) is 131 Å². The summed E-state index contributed by atoms with van der Waals surface area (Å²) in [6.45, 7) is 18.0. The van der Waals surface area contributed by atoms with Crippen LogP contribution in [0.2, 0.25) is 0 Å². The highest BCUT2D eigenvalue weighted by Gasteiger charge is 2.41. The van der Waals surface area contributed by atoms with E-state index in [2.05, 4.69) is 61.2 Å². The number of aryl methyl sites for hydroxylation is 1. The predicted molar refractivity (Wildman–Crippen MR) is 227 cm³/mol. The highest BCUT2D eigenvalue weighted by atomic mass is 16.5.